The van der Waals surface area contributed by atoms with Gasteiger partial charge in [0.05, 0.1) is 23.9 Å². The summed E-state index contributed by atoms with van der Waals surface area (Å²) in [5.41, 5.74) is 0.729. The second kappa shape index (κ2) is 7.59. The highest BCUT2D eigenvalue weighted by molar-refractivity contribution is 7.13. The molecular formula is C17H18ClN3O4S. The van der Waals surface area contributed by atoms with Gasteiger partial charge in [0.1, 0.15) is 14.9 Å². The van der Waals surface area contributed by atoms with Crippen molar-refractivity contribution >= 4 is 34.8 Å². The third-order valence-electron chi connectivity index (χ3n) is 3.95. The molecule has 2 aromatic rings. The van der Waals surface area contributed by atoms with Crippen molar-refractivity contribution in [1.82, 2.24) is 15.3 Å². The summed E-state index contributed by atoms with van der Waals surface area (Å²) in [4.78, 5) is 32.0. The number of carboxylic acids is 1. The highest BCUT2D eigenvalue weighted by atomic mass is 35.5. The molecule has 0 radical (unpaired) electrons. The molecule has 2 N–H and O–H groups in total. The maximum atomic E-state index is 12.4. The van der Waals surface area contributed by atoms with Gasteiger partial charge in [-0.05, 0) is 38.7 Å². The van der Waals surface area contributed by atoms with Crippen LogP contribution in [0.5, 0.6) is 5.88 Å². The number of thiazole rings is 1. The van der Waals surface area contributed by atoms with Gasteiger partial charge in [-0.2, -0.15) is 0 Å². The molecule has 0 aromatic carbocycles. The zero-order chi connectivity index (χ0) is 18.8. The van der Waals surface area contributed by atoms with E-state index in [1.54, 1.807) is 13.8 Å². The van der Waals surface area contributed by atoms with Crippen LogP contribution in [0.4, 0.5) is 0 Å². The lowest BCUT2D eigenvalue weighted by molar-refractivity contribution is 0.0701. The maximum Gasteiger partial charge on any atom is 0.347 e. The van der Waals surface area contributed by atoms with Gasteiger partial charge in [-0.25, -0.2) is 14.8 Å². The topological polar surface area (TPSA) is 101 Å². The van der Waals surface area contributed by atoms with Crippen LogP contribution in [0.3, 0.4) is 0 Å². The Morgan fingerprint density at radius 2 is 2.23 bits per heavy atom. The first-order chi connectivity index (χ1) is 12.3. The number of nitrogens with zero attached hydrogens (tertiary/aromatic N) is 2. The molecular weight excluding hydrogens is 378 g/mol. The Labute approximate surface area is 159 Å². The van der Waals surface area contributed by atoms with Gasteiger partial charge in [0.25, 0.3) is 5.91 Å². The van der Waals surface area contributed by atoms with Gasteiger partial charge in [0, 0.05) is 6.20 Å². The second-order valence-electron chi connectivity index (χ2n) is 6.23. The molecule has 9 heteroatoms. The van der Waals surface area contributed by atoms with Crippen LogP contribution in [0, 0.1) is 12.8 Å². The monoisotopic (exact) mass is 395 g/mol. The fourth-order valence-electron chi connectivity index (χ4n) is 2.28. The standard InChI is InChI=1S/C17H18ClN3O4S/c1-8-13(17(23)24)26-16(21-8)9(2)20-14(22)11-5-12(18)15(19-6-11)25-7-10-3-4-10/h5-6,9-10H,3-4,7H2,1-2H3,(H,20,22)(H,23,24). The Kier molecular flexibility index (Phi) is 5.43. The van der Waals surface area contributed by atoms with E-state index >= 15 is 0 Å². The van der Waals surface area contributed by atoms with Crippen molar-refractivity contribution < 1.29 is 19.4 Å². The Balaban J connectivity index is 1.65. The third kappa shape index (κ3) is 4.31. The summed E-state index contributed by atoms with van der Waals surface area (Å²) in [6.07, 6.45) is 3.73. The zero-order valence-corrected chi connectivity index (χ0v) is 15.9. The minimum Gasteiger partial charge on any atom is -0.477 e. The molecule has 2 heterocycles. The minimum atomic E-state index is -1.03. The molecule has 0 saturated heterocycles. The number of rotatable bonds is 7. The maximum absolute atomic E-state index is 12.4. The first kappa shape index (κ1) is 18.6. The summed E-state index contributed by atoms with van der Waals surface area (Å²) in [7, 11) is 0. The van der Waals surface area contributed by atoms with Gasteiger partial charge >= 0.3 is 5.97 Å². The molecule has 0 spiro atoms. The number of carbonyl (C=O) groups is 2. The first-order valence-corrected chi connectivity index (χ1v) is 9.34. The lowest BCUT2D eigenvalue weighted by Crippen LogP contribution is -2.26. The van der Waals surface area contributed by atoms with Crippen LogP contribution in [0.25, 0.3) is 0 Å². The first-order valence-electron chi connectivity index (χ1n) is 8.15. The number of aromatic nitrogens is 2. The van der Waals surface area contributed by atoms with Crippen LogP contribution in [0.2, 0.25) is 5.02 Å². The number of nitrogens with one attached hydrogen (secondary N) is 1. The van der Waals surface area contributed by atoms with E-state index in [9.17, 15) is 9.59 Å². The average Bonchev–Trinajstić information content (AvgIpc) is 3.33. The number of carboxylic acid groups (broad SMARTS) is 1. The number of pyridine rings is 1. The lowest BCUT2D eigenvalue weighted by Gasteiger charge is -2.12. The molecule has 7 nitrogen and oxygen atoms in total. The third-order valence-corrected chi connectivity index (χ3v) is 5.55. The van der Waals surface area contributed by atoms with Crippen LogP contribution in [-0.2, 0) is 0 Å². The largest absolute Gasteiger partial charge is 0.477 e. The van der Waals surface area contributed by atoms with E-state index in [2.05, 4.69) is 15.3 Å². The van der Waals surface area contributed by atoms with Crippen molar-refractivity contribution in [2.45, 2.75) is 32.7 Å². The summed E-state index contributed by atoms with van der Waals surface area (Å²) in [6.45, 7) is 3.95. The van der Waals surface area contributed by atoms with Crippen molar-refractivity contribution in [1.29, 1.82) is 0 Å². The molecule has 1 amide bonds. The highest BCUT2D eigenvalue weighted by Crippen LogP contribution is 2.31. The molecule has 138 valence electrons. The Bertz CT molecular complexity index is 851. The van der Waals surface area contributed by atoms with E-state index in [0.29, 0.717) is 34.7 Å². The van der Waals surface area contributed by atoms with Crippen LogP contribution < -0.4 is 10.1 Å². The minimum absolute atomic E-state index is 0.169. The SMILES string of the molecule is Cc1nc(C(C)NC(=O)c2cnc(OCC3CC3)c(Cl)c2)sc1C(=O)O. The number of amides is 1. The van der Waals surface area contributed by atoms with Crippen molar-refractivity contribution in [3.05, 3.63) is 38.4 Å². The van der Waals surface area contributed by atoms with Gasteiger partial charge in [-0.3, -0.25) is 4.79 Å². The van der Waals surface area contributed by atoms with E-state index in [0.717, 1.165) is 24.2 Å². The Morgan fingerprint density at radius 3 is 2.81 bits per heavy atom. The van der Waals surface area contributed by atoms with Crippen LogP contribution in [-0.4, -0.2) is 33.6 Å². The van der Waals surface area contributed by atoms with Crippen LogP contribution in [0.15, 0.2) is 12.3 Å². The fraction of sp³-hybridized carbons (Fsp3) is 0.412. The van der Waals surface area contributed by atoms with Gasteiger partial charge in [0.2, 0.25) is 5.88 Å². The van der Waals surface area contributed by atoms with Crippen molar-refractivity contribution in [3.63, 3.8) is 0 Å². The smallest absolute Gasteiger partial charge is 0.347 e. The Hall–Kier alpha value is -2.19. The van der Waals surface area contributed by atoms with Gasteiger partial charge < -0.3 is 15.2 Å². The number of hydrogen-bond acceptors (Lipinski definition) is 6. The summed E-state index contributed by atoms with van der Waals surface area (Å²) in [5.74, 6) is -0.494. The molecule has 1 aliphatic rings. The molecule has 26 heavy (non-hydrogen) atoms. The number of halogens is 1. The molecule has 1 unspecified atom stereocenters. The number of hydrogen-bond donors (Lipinski definition) is 2. The second-order valence-corrected chi connectivity index (χ2v) is 7.67. The number of ether oxygens (including phenoxy) is 1. The lowest BCUT2D eigenvalue weighted by atomic mass is 10.2. The summed E-state index contributed by atoms with van der Waals surface area (Å²) >= 11 is 7.19. The Morgan fingerprint density at radius 1 is 1.50 bits per heavy atom. The molecule has 2 aromatic heterocycles. The summed E-state index contributed by atoms with van der Waals surface area (Å²) in [5, 5.41) is 12.7. The fourth-order valence-corrected chi connectivity index (χ4v) is 3.41. The molecule has 1 atom stereocenters. The van der Waals surface area contributed by atoms with Crippen molar-refractivity contribution in [2.75, 3.05) is 6.61 Å². The summed E-state index contributed by atoms with van der Waals surface area (Å²) in [6, 6.07) is 1.07. The van der Waals surface area contributed by atoms with E-state index in [1.807, 2.05) is 0 Å². The number of aromatic carboxylic acids is 1. The normalized spacial score (nSPS) is 14.7. The van der Waals surface area contributed by atoms with Gasteiger partial charge in [-0.15, -0.1) is 11.3 Å². The van der Waals surface area contributed by atoms with E-state index in [4.69, 9.17) is 21.4 Å². The zero-order valence-electron chi connectivity index (χ0n) is 14.3. The van der Waals surface area contributed by atoms with Gasteiger partial charge in [-0.1, -0.05) is 11.6 Å². The predicted octanol–water partition coefficient (Wildman–Crippen LogP) is 3.48. The van der Waals surface area contributed by atoms with E-state index in [1.165, 1.54) is 12.3 Å². The predicted molar refractivity (Wildman–Crippen MR) is 97.2 cm³/mol. The van der Waals surface area contributed by atoms with Crippen molar-refractivity contribution in [2.24, 2.45) is 5.92 Å². The van der Waals surface area contributed by atoms with Gasteiger partial charge in [0.15, 0.2) is 0 Å². The van der Waals surface area contributed by atoms with Crippen LogP contribution >= 0.6 is 22.9 Å². The molecule has 1 aliphatic carbocycles. The number of carbonyl (C=O) groups excluding carboxylic acids is 1. The van der Waals surface area contributed by atoms with Crippen molar-refractivity contribution in [3.8, 4) is 5.88 Å². The highest BCUT2D eigenvalue weighted by Gasteiger charge is 2.23. The molecule has 0 bridgehead atoms. The summed E-state index contributed by atoms with van der Waals surface area (Å²) < 4.78 is 5.55. The molecule has 3 rings (SSSR count). The van der Waals surface area contributed by atoms with Crippen LogP contribution in [0.1, 0.15) is 56.5 Å². The number of aryl methyl sites for hydroxylation is 1. The molecule has 1 fully saturated rings. The molecule has 1 saturated carbocycles. The van der Waals surface area contributed by atoms with E-state index in [-0.39, 0.29) is 15.8 Å². The quantitative estimate of drug-likeness (QED) is 0.744. The van der Waals surface area contributed by atoms with E-state index < -0.39 is 12.0 Å². The average molecular weight is 396 g/mol. The molecule has 0 aliphatic heterocycles.